The molecule has 2 N–H and O–H groups in total. The molecule has 1 unspecified atom stereocenters. The van der Waals surface area contributed by atoms with Gasteiger partial charge in [-0.3, -0.25) is 4.79 Å². The Hall–Kier alpha value is -2.78. The number of nitrogens with one attached hydrogen (secondary N) is 2. The lowest BCUT2D eigenvalue weighted by Crippen LogP contribution is -2.43. The zero-order valence-electron chi connectivity index (χ0n) is 16.5. The monoisotopic (exact) mass is 430 g/mol. The number of amides is 1. The van der Waals surface area contributed by atoms with E-state index in [9.17, 15) is 17.6 Å². The highest BCUT2D eigenvalue weighted by Gasteiger charge is 2.32. The number of piperidine rings is 1. The quantitative estimate of drug-likeness (QED) is 0.651. The summed E-state index contributed by atoms with van der Waals surface area (Å²) in [7, 11) is -3.69. The summed E-state index contributed by atoms with van der Waals surface area (Å²) in [5.74, 6) is -0.179. The Morgan fingerprint density at radius 1 is 1.17 bits per heavy atom. The van der Waals surface area contributed by atoms with E-state index in [-0.39, 0.29) is 35.9 Å². The van der Waals surface area contributed by atoms with Gasteiger partial charge in [-0.2, -0.15) is 4.31 Å². The first kappa shape index (κ1) is 20.5. The minimum absolute atomic E-state index is 0.0605. The average Bonchev–Trinajstić information content (AvgIpc) is 3.18. The second kappa shape index (κ2) is 8.16. The molecule has 9 heteroatoms. The molecule has 1 aliphatic rings. The first-order chi connectivity index (χ1) is 14.3. The minimum atomic E-state index is -3.69. The van der Waals surface area contributed by atoms with Gasteiger partial charge < -0.3 is 10.3 Å². The van der Waals surface area contributed by atoms with Crippen molar-refractivity contribution in [3.05, 3.63) is 60.2 Å². The predicted molar refractivity (Wildman–Crippen MR) is 111 cm³/mol. The summed E-state index contributed by atoms with van der Waals surface area (Å²) in [4.78, 5) is 20.5. The molecule has 0 radical (unpaired) electrons. The summed E-state index contributed by atoms with van der Waals surface area (Å²) < 4.78 is 39.9. The van der Waals surface area contributed by atoms with E-state index in [0.717, 1.165) is 23.2 Å². The second-order valence-electron chi connectivity index (χ2n) is 7.50. The lowest BCUT2D eigenvalue weighted by atomic mass is 9.97. The van der Waals surface area contributed by atoms with Crippen LogP contribution in [-0.2, 0) is 14.8 Å². The molecule has 2 aromatic carbocycles. The summed E-state index contributed by atoms with van der Waals surface area (Å²) in [5, 5.41) is 2.98. The van der Waals surface area contributed by atoms with E-state index in [1.807, 2.05) is 31.2 Å². The molecule has 1 saturated heterocycles. The number of hydrogen-bond acceptors (Lipinski definition) is 4. The van der Waals surface area contributed by atoms with Crippen LogP contribution in [0.15, 0.2) is 53.4 Å². The van der Waals surface area contributed by atoms with Crippen LogP contribution in [0.4, 0.5) is 4.39 Å². The number of sulfonamides is 1. The third kappa shape index (κ3) is 4.08. The first-order valence-electron chi connectivity index (χ1n) is 9.85. The number of carbonyl (C=O) groups excluding carboxylic acids is 1. The molecule has 1 atom stereocenters. The number of rotatable bonds is 5. The van der Waals surface area contributed by atoms with Crippen LogP contribution in [0.1, 0.15) is 31.6 Å². The summed E-state index contributed by atoms with van der Waals surface area (Å²) in [6.45, 7) is 2.36. The van der Waals surface area contributed by atoms with Crippen molar-refractivity contribution >= 4 is 27.0 Å². The summed E-state index contributed by atoms with van der Waals surface area (Å²) in [6, 6.07) is 12.2. The Labute approximate surface area is 174 Å². The first-order valence-corrected chi connectivity index (χ1v) is 11.3. The van der Waals surface area contributed by atoms with E-state index >= 15 is 0 Å². The number of aromatic amines is 1. The topological polar surface area (TPSA) is 95.2 Å². The van der Waals surface area contributed by atoms with Crippen molar-refractivity contribution in [1.82, 2.24) is 19.6 Å². The van der Waals surface area contributed by atoms with Crippen LogP contribution in [0.3, 0.4) is 0 Å². The van der Waals surface area contributed by atoms with Gasteiger partial charge in [-0.1, -0.05) is 12.1 Å². The summed E-state index contributed by atoms with van der Waals surface area (Å²) in [5.41, 5.74) is 1.75. The Balaban J connectivity index is 1.36. The normalized spacial score (nSPS) is 17.1. The molecule has 0 aliphatic carbocycles. The number of hydrogen-bond donors (Lipinski definition) is 2. The molecule has 2 heterocycles. The van der Waals surface area contributed by atoms with Crippen molar-refractivity contribution in [1.29, 1.82) is 0 Å². The van der Waals surface area contributed by atoms with Crippen molar-refractivity contribution in [3.63, 3.8) is 0 Å². The van der Waals surface area contributed by atoms with Crippen LogP contribution < -0.4 is 5.32 Å². The fourth-order valence-electron chi connectivity index (χ4n) is 3.69. The maximum Gasteiger partial charge on any atom is 0.243 e. The van der Waals surface area contributed by atoms with Crippen molar-refractivity contribution in [3.8, 4) is 0 Å². The average molecular weight is 431 g/mol. The Morgan fingerprint density at radius 3 is 2.50 bits per heavy atom. The predicted octanol–water partition coefficient (Wildman–Crippen LogP) is 2.98. The molecule has 30 heavy (non-hydrogen) atoms. The molecular weight excluding hydrogens is 407 g/mol. The van der Waals surface area contributed by atoms with Crippen LogP contribution in [0.2, 0.25) is 0 Å². The molecule has 0 saturated carbocycles. The zero-order valence-corrected chi connectivity index (χ0v) is 17.3. The van der Waals surface area contributed by atoms with E-state index in [1.54, 1.807) is 0 Å². The van der Waals surface area contributed by atoms with Gasteiger partial charge in [0.05, 0.1) is 22.0 Å². The standard InChI is InChI=1S/C21H23FN4O3S/c1-14(20-24-18-4-2-3-5-19(18)25-20)23-21(27)15-10-12-26(13-11-15)30(28,29)17-8-6-16(22)7-9-17/h2-9,14-15H,10-13H2,1H3,(H,23,27)(H,24,25). The maximum atomic E-state index is 13.1. The number of halogens is 1. The maximum absolute atomic E-state index is 13.1. The number of carbonyl (C=O) groups is 1. The van der Waals surface area contributed by atoms with E-state index in [4.69, 9.17) is 0 Å². The van der Waals surface area contributed by atoms with Crippen LogP contribution in [0, 0.1) is 11.7 Å². The molecule has 158 valence electrons. The number of nitrogens with zero attached hydrogens (tertiary/aromatic N) is 2. The molecule has 1 amide bonds. The van der Waals surface area contributed by atoms with Crippen molar-refractivity contribution in [2.45, 2.75) is 30.7 Å². The summed E-state index contributed by atoms with van der Waals surface area (Å²) >= 11 is 0. The second-order valence-corrected chi connectivity index (χ2v) is 9.44. The number of aromatic nitrogens is 2. The molecule has 0 spiro atoms. The fourth-order valence-corrected chi connectivity index (χ4v) is 5.16. The van der Waals surface area contributed by atoms with Gasteiger partial charge in [0.2, 0.25) is 15.9 Å². The van der Waals surface area contributed by atoms with Gasteiger partial charge in [-0.15, -0.1) is 0 Å². The third-order valence-corrected chi connectivity index (χ3v) is 7.37. The van der Waals surface area contributed by atoms with Gasteiger partial charge >= 0.3 is 0 Å². The molecule has 1 aromatic heterocycles. The fraction of sp³-hybridized carbons (Fsp3) is 0.333. The van der Waals surface area contributed by atoms with E-state index in [2.05, 4.69) is 15.3 Å². The third-order valence-electron chi connectivity index (χ3n) is 5.45. The van der Waals surface area contributed by atoms with Gasteiger partial charge in [-0.05, 0) is 56.2 Å². The number of fused-ring (bicyclic) bond motifs is 1. The van der Waals surface area contributed by atoms with E-state index in [1.165, 1.54) is 16.4 Å². The van der Waals surface area contributed by atoms with Gasteiger partial charge in [0.1, 0.15) is 11.6 Å². The highest BCUT2D eigenvalue weighted by Crippen LogP contribution is 2.25. The molecular formula is C21H23FN4O3S. The van der Waals surface area contributed by atoms with Crippen LogP contribution in [-0.4, -0.2) is 41.7 Å². The lowest BCUT2D eigenvalue weighted by Gasteiger charge is -2.31. The van der Waals surface area contributed by atoms with E-state index in [0.29, 0.717) is 18.7 Å². The molecule has 3 aromatic rings. The highest BCUT2D eigenvalue weighted by molar-refractivity contribution is 7.89. The number of imidazole rings is 1. The summed E-state index contributed by atoms with van der Waals surface area (Å²) in [6.07, 6.45) is 0.859. The number of para-hydroxylation sites is 2. The minimum Gasteiger partial charge on any atom is -0.346 e. The number of H-pyrrole nitrogens is 1. The Kier molecular flexibility index (Phi) is 5.57. The SMILES string of the molecule is CC(NC(=O)C1CCN(S(=O)(=O)c2ccc(F)cc2)CC1)c1nc2ccccc2[nH]1. The van der Waals surface area contributed by atoms with Crippen LogP contribution >= 0.6 is 0 Å². The Bertz CT molecular complexity index is 1120. The lowest BCUT2D eigenvalue weighted by molar-refractivity contribution is -0.126. The largest absolute Gasteiger partial charge is 0.346 e. The zero-order chi connectivity index (χ0) is 21.3. The van der Waals surface area contributed by atoms with Crippen molar-refractivity contribution in [2.24, 2.45) is 5.92 Å². The highest BCUT2D eigenvalue weighted by atomic mass is 32.2. The Morgan fingerprint density at radius 2 is 1.83 bits per heavy atom. The smallest absolute Gasteiger partial charge is 0.243 e. The van der Waals surface area contributed by atoms with Crippen molar-refractivity contribution in [2.75, 3.05) is 13.1 Å². The molecule has 4 rings (SSSR count). The van der Waals surface area contributed by atoms with Gasteiger partial charge in [0.25, 0.3) is 0 Å². The molecule has 0 bridgehead atoms. The molecule has 1 fully saturated rings. The van der Waals surface area contributed by atoms with Crippen LogP contribution in [0.5, 0.6) is 0 Å². The molecule has 7 nitrogen and oxygen atoms in total. The van der Waals surface area contributed by atoms with Gasteiger partial charge in [0, 0.05) is 19.0 Å². The van der Waals surface area contributed by atoms with Crippen molar-refractivity contribution < 1.29 is 17.6 Å². The molecule has 1 aliphatic heterocycles. The number of benzene rings is 2. The van der Waals surface area contributed by atoms with Gasteiger partial charge in [0.15, 0.2) is 0 Å². The van der Waals surface area contributed by atoms with Crippen LogP contribution in [0.25, 0.3) is 11.0 Å². The van der Waals surface area contributed by atoms with E-state index < -0.39 is 15.8 Å². The van der Waals surface area contributed by atoms with Gasteiger partial charge in [-0.25, -0.2) is 17.8 Å².